The Labute approximate surface area is 145 Å². The summed E-state index contributed by atoms with van der Waals surface area (Å²) in [6.07, 6.45) is 1.48. The Balaban J connectivity index is 1.80. The van der Waals surface area contributed by atoms with E-state index in [1.54, 1.807) is 0 Å². The number of aromatic nitrogens is 1. The van der Waals surface area contributed by atoms with Gasteiger partial charge in [-0.2, -0.15) is 0 Å². The van der Waals surface area contributed by atoms with Crippen LogP contribution in [-0.4, -0.2) is 25.9 Å². The van der Waals surface area contributed by atoms with Crippen molar-refractivity contribution in [3.63, 3.8) is 0 Å². The second kappa shape index (κ2) is 8.18. The third kappa shape index (κ3) is 6.23. The minimum absolute atomic E-state index is 0.290. The van der Waals surface area contributed by atoms with Crippen molar-refractivity contribution in [2.24, 2.45) is 0 Å². The summed E-state index contributed by atoms with van der Waals surface area (Å²) < 4.78 is 26.0. The predicted molar refractivity (Wildman–Crippen MR) is 95.8 cm³/mol. The minimum Gasteiger partial charge on any atom is -0.348 e. The molecular weight excluding hydrogens is 346 g/mol. The van der Waals surface area contributed by atoms with E-state index in [9.17, 15) is 13.2 Å². The molecule has 0 aliphatic heterocycles. The van der Waals surface area contributed by atoms with E-state index in [1.165, 1.54) is 17.4 Å². The van der Waals surface area contributed by atoms with Crippen LogP contribution in [0, 0.1) is 13.8 Å². The van der Waals surface area contributed by atoms with Crippen LogP contribution >= 0.6 is 11.3 Å². The summed E-state index contributed by atoms with van der Waals surface area (Å²) in [5, 5.41) is 6.34. The maximum atomic E-state index is 11.9. The Bertz CT molecular complexity index is 825. The zero-order valence-corrected chi connectivity index (χ0v) is 15.1. The van der Waals surface area contributed by atoms with Gasteiger partial charge in [0, 0.05) is 16.5 Å². The maximum Gasteiger partial charge on any atom is 0.235 e. The molecule has 24 heavy (non-hydrogen) atoms. The van der Waals surface area contributed by atoms with Crippen LogP contribution < -0.4 is 10.0 Å². The maximum absolute atomic E-state index is 11.9. The quantitative estimate of drug-likeness (QED) is 0.785. The van der Waals surface area contributed by atoms with Gasteiger partial charge in [-0.25, -0.2) is 18.1 Å². The molecule has 1 heterocycles. The van der Waals surface area contributed by atoms with Crippen molar-refractivity contribution in [2.75, 3.05) is 6.54 Å². The number of aryl methyl sites for hydroxylation is 2. The Morgan fingerprint density at radius 3 is 2.58 bits per heavy atom. The van der Waals surface area contributed by atoms with Crippen LogP contribution in [0.5, 0.6) is 0 Å². The summed E-state index contributed by atoms with van der Waals surface area (Å²) in [4.78, 5) is 15.9. The summed E-state index contributed by atoms with van der Waals surface area (Å²) in [6, 6.07) is 7.44. The van der Waals surface area contributed by atoms with Crippen LogP contribution in [0.1, 0.15) is 21.8 Å². The highest BCUT2D eigenvalue weighted by atomic mass is 32.2. The van der Waals surface area contributed by atoms with Crippen LogP contribution in [0.4, 0.5) is 0 Å². The molecule has 0 aliphatic rings. The molecule has 2 N–H and O–H groups in total. The molecule has 2 rings (SSSR count). The molecule has 0 fully saturated rings. The lowest BCUT2D eigenvalue weighted by Crippen LogP contribution is -2.35. The molecule has 1 amide bonds. The molecular formula is C16H19N3O3S2. The molecule has 0 saturated carbocycles. The smallest absolute Gasteiger partial charge is 0.235 e. The number of amides is 1. The van der Waals surface area contributed by atoms with Gasteiger partial charge in [0.25, 0.3) is 0 Å². The van der Waals surface area contributed by atoms with Crippen molar-refractivity contribution in [1.82, 2.24) is 15.0 Å². The van der Waals surface area contributed by atoms with Gasteiger partial charge in [0.15, 0.2) is 0 Å². The third-order valence-electron chi connectivity index (χ3n) is 3.05. The molecule has 0 radical (unpaired) electrons. The van der Waals surface area contributed by atoms with E-state index in [2.05, 4.69) is 15.0 Å². The number of benzene rings is 1. The number of nitrogens with zero attached hydrogens (tertiary/aromatic N) is 1. The first kappa shape index (κ1) is 18.3. The highest BCUT2D eigenvalue weighted by molar-refractivity contribution is 7.92. The van der Waals surface area contributed by atoms with Crippen LogP contribution in [0.2, 0.25) is 0 Å². The van der Waals surface area contributed by atoms with E-state index in [0.29, 0.717) is 0 Å². The lowest BCUT2D eigenvalue weighted by Gasteiger charge is -2.04. The van der Waals surface area contributed by atoms with E-state index < -0.39 is 15.9 Å². The molecule has 0 bridgehead atoms. The average Bonchev–Trinajstić information content (AvgIpc) is 2.96. The summed E-state index contributed by atoms with van der Waals surface area (Å²) in [5.41, 5.74) is 2.76. The fourth-order valence-electron chi connectivity index (χ4n) is 1.78. The minimum atomic E-state index is -3.67. The van der Waals surface area contributed by atoms with Crippen molar-refractivity contribution in [2.45, 2.75) is 20.4 Å². The summed E-state index contributed by atoms with van der Waals surface area (Å²) >= 11 is 1.45. The Kier molecular flexibility index (Phi) is 6.24. The third-order valence-corrected chi connectivity index (χ3v) is 5.06. The van der Waals surface area contributed by atoms with Gasteiger partial charge in [-0.05, 0) is 25.5 Å². The van der Waals surface area contributed by atoms with E-state index in [4.69, 9.17) is 0 Å². The van der Waals surface area contributed by atoms with E-state index in [1.807, 2.05) is 43.5 Å². The molecule has 2 aromatic rings. The first-order chi connectivity index (χ1) is 11.3. The number of carbonyl (C=O) groups is 1. The van der Waals surface area contributed by atoms with Crippen LogP contribution in [-0.2, 0) is 21.4 Å². The number of sulfonamides is 1. The van der Waals surface area contributed by atoms with E-state index in [0.717, 1.165) is 27.2 Å². The summed E-state index contributed by atoms with van der Waals surface area (Å²) in [5.74, 6) is -0.407. The number of rotatable bonds is 7. The second-order valence-electron chi connectivity index (χ2n) is 5.24. The summed E-state index contributed by atoms with van der Waals surface area (Å²) in [7, 11) is -3.67. The number of carbonyl (C=O) groups excluding carboxylic acids is 1. The number of hydrogen-bond donors (Lipinski definition) is 2. The Hall–Kier alpha value is -2.03. The molecule has 0 atom stereocenters. The molecule has 0 aliphatic carbocycles. The Morgan fingerprint density at radius 2 is 1.96 bits per heavy atom. The SMILES string of the molecule is Cc1ccc(/C=C/S(=O)(=O)NCC(=O)NCc2nc(C)cs2)cc1. The van der Waals surface area contributed by atoms with Crippen molar-refractivity contribution in [3.05, 3.63) is 56.9 Å². The van der Waals surface area contributed by atoms with Gasteiger partial charge in [0.2, 0.25) is 15.9 Å². The second-order valence-corrected chi connectivity index (χ2v) is 7.83. The first-order valence-corrected chi connectivity index (χ1v) is 9.69. The molecule has 1 aromatic heterocycles. The molecule has 0 saturated heterocycles. The van der Waals surface area contributed by atoms with E-state index >= 15 is 0 Å². The zero-order valence-electron chi connectivity index (χ0n) is 13.4. The fraction of sp³-hybridized carbons (Fsp3) is 0.250. The number of nitrogens with one attached hydrogen (secondary N) is 2. The highest BCUT2D eigenvalue weighted by Crippen LogP contribution is 2.08. The molecule has 128 valence electrons. The molecule has 1 aromatic carbocycles. The van der Waals surface area contributed by atoms with Gasteiger partial charge in [0.05, 0.1) is 13.1 Å². The summed E-state index contributed by atoms with van der Waals surface area (Å²) in [6.45, 7) is 3.80. The first-order valence-electron chi connectivity index (χ1n) is 7.26. The lowest BCUT2D eigenvalue weighted by atomic mass is 10.2. The average molecular weight is 365 g/mol. The molecule has 0 unspecified atom stereocenters. The van der Waals surface area contributed by atoms with Gasteiger partial charge in [-0.3, -0.25) is 4.79 Å². The molecule has 6 nitrogen and oxygen atoms in total. The highest BCUT2D eigenvalue weighted by Gasteiger charge is 2.09. The van der Waals surface area contributed by atoms with Crippen LogP contribution in [0.3, 0.4) is 0 Å². The van der Waals surface area contributed by atoms with Crippen molar-refractivity contribution < 1.29 is 13.2 Å². The number of thiazole rings is 1. The van der Waals surface area contributed by atoms with Gasteiger partial charge in [-0.1, -0.05) is 29.8 Å². The van der Waals surface area contributed by atoms with Gasteiger partial charge in [-0.15, -0.1) is 11.3 Å². The number of hydrogen-bond acceptors (Lipinski definition) is 5. The van der Waals surface area contributed by atoms with E-state index in [-0.39, 0.29) is 13.1 Å². The monoisotopic (exact) mass is 365 g/mol. The Morgan fingerprint density at radius 1 is 1.25 bits per heavy atom. The molecule has 0 spiro atoms. The van der Waals surface area contributed by atoms with Crippen molar-refractivity contribution in [3.8, 4) is 0 Å². The fourth-order valence-corrected chi connectivity index (χ4v) is 3.26. The van der Waals surface area contributed by atoms with Gasteiger partial charge >= 0.3 is 0 Å². The normalized spacial score (nSPS) is 11.8. The molecule has 8 heteroatoms. The topological polar surface area (TPSA) is 88.2 Å². The van der Waals surface area contributed by atoms with Crippen LogP contribution in [0.15, 0.2) is 35.1 Å². The predicted octanol–water partition coefficient (Wildman–Crippen LogP) is 1.97. The van der Waals surface area contributed by atoms with Gasteiger partial charge in [0.1, 0.15) is 5.01 Å². The van der Waals surface area contributed by atoms with Gasteiger partial charge < -0.3 is 5.32 Å². The largest absolute Gasteiger partial charge is 0.348 e. The standard InChI is InChI=1S/C16H19N3O3S2/c1-12-3-5-14(6-4-12)7-8-24(21,22)18-9-15(20)17-10-16-19-13(2)11-23-16/h3-8,11,18H,9-10H2,1-2H3,(H,17,20)/b8-7+. The van der Waals surface area contributed by atoms with Crippen molar-refractivity contribution in [1.29, 1.82) is 0 Å². The zero-order chi connectivity index (χ0) is 17.6. The van der Waals surface area contributed by atoms with Crippen LogP contribution in [0.25, 0.3) is 6.08 Å². The lowest BCUT2D eigenvalue weighted by molar-refractivity contribution is -0.120. The van der Waals surface area contributed by atoms with Crippen molar-refractivity contribution >= 4 is 33.3 Å².